The van der Waals surface area contributed by atoms with Crippen LogP contribution in [0, 0.1) is 13.8 Å². The first kappa shape index (κ1) is 16.4. The number of morpholine rings is 1. The lowest BCUT2D eigenvalue weighted by atomic mass is 10.1. The predicted octanol–water partition coefficient (Wildman–Crippen LogP) is 1.43. The molecular weight excluding hydrogens is 264 g/mol. The molecule has 1 heterocycles. The molecule has 1 aromatic rings. The third kappa shape index (κ3) is 5.75. The Morgan fingerprint density at radius 1 is 1.19 bits per heavy atom. The van der Waals surface area contributed by atoms with Crippen LogP contribution < -0.4 is 0 Å². The Kier molecular flexibility index (Phi) is 6.18. The number of likely N-dealkylation sites (N-methyl/N-ethyl adjacent to an activating group) is 1. The molecule has 4 nitrogen and oxygen atoms in total. The molecule has 2 rings (SSSR count). The second-order valence-corrected chi connectivity index (χ2v) is 6.26. The number of benzene rings is 1. The van der Waals surface area contributed by atoms with E-state index in [0.717, 1.165) is 39.4 Å². The molecule has 1 N–H and O–H groups in total. The minimum atomic E-state index is -0.306. The highest BCUT2D eigenvalue weighted by atomic mass is 16.5. The number of β-amino-alcohol motifs (C(OH)–C–C–N with tert-alkyl or cyclic N) is 1. The van der Waals surface area contributed by atoms with Gasteiger partial charge in [0.2, 0.25) is 0 Å². The number of aliphatic hydroxyl groups is 1. The fourth-order valence-corrected chi connectivity index (χ4v) is 3.04. The van der Waals surface area contributed by atoms with Gasteiger partial charge in [-0.1, -0.05) is 29.3 Å². The van der Waals surface area contributed by atoms with E-state index in [1.807, 2.05) is 0 Å². The Morgan fingerprint density at radius 2 is 1.81 bits per heavy atom. The molecule has 1 aliphatic rings. The molecular formula is C17H28N2O2. The number of aryl methyl sites for hydroxylation is 2. The van der Waals surface area contributed by atoms with E-state index in [2.05, 4.69) is 48.9 Å². The molecule has 118 valence electrons. The molecule has 0 radical (unpaired) electrons. The van der Waals surface area contributed by atoms with Gasteiger partial charge in [-0.2, -0.15) is 0 Å². The molecule has 1 atom stereocenters. The van der Waals surface area contributed by atoms with Crippen LogP contribution in [-0.4, -0.2) is 67.5 Å². The number of rotatable bonds is 6. The second-order valence-electron chi connectivity index (χ2n) is 6.26. The van der Waals surface area contributed by atoms with Crippen LogP contribution in [-0.2, 0) is 11.3 Å². The van der Waals surface area contributed by atoms with Crippen molar-refractivity contribution < 1.29 is 9.84 Å². The van der Waals surface area contributed by atoms with Gasteiger partial charge < -0.3 is 9.84 Å². The Hall–Kier alpha value is -0.940. The van der Waals surface area contributed by atoms with Gasteiger partial charge in [-0.05, 0) is 26.5 Å². The molecule has 0 bridgehead atoms. The minimum Gasteiger partial charge on any atom is -0.390 e. The van der Waals surface area contributed by atoms with Crippen LogP contribution in [0.3, 0.4) is 0 Å². The van der Waals surface area contributed by atoms with Crippen LogP contribution >= 0.6 is 0 Å². The zero-order valence-corrected chi connectivity index (χ0v) is 13.5. The summed E-state index contributed by atoms with van der Waals surface area (Å²) in [6, 6.07) is 6.63. The van der Waals surface area contributed by atoms with E-state index >= 15 is 0 Å². The van der Waals surface area contributed by atoms with E-state index in [0.29, 0.717) is 6.54 Å². The molecule has 1 unspecified atom stereocenters. The van der Waals surface area contributed by atoms with Crippen molar-refractivity contribution >= 4 is 0 Å². The summed E-state index contributed by atoms with van der Waals surface area (Å²) in [6.45, 7) is 9.99. The van der Waals surface area contributed by atoms with Gasteiger partial charge in [-0.3, -0.25) is 9.80 Å². The van der Waals surface area contributed by atoms with Gasteiger partial charge in [0.05, 0.1) is 19.3 Å². The number of aliphatic hydroxyl groups excluding tert-OH is 1. The van der Waals surface area contributed by atoms with Crippen molar-refractivity contribution in [3.05, 3.63) is 34.9 Å². The van der Waals surface area contributed by atoms with E-state index in [1.165, 1.54) is 16.7 Å². The van der Waals surface area contributed by atoms with Gasteiger partial charge in [0.15, 0.2) is 0 Å². The molecule has 4 heteroatoms. The van der Waals surface area contributed by atoms with Crippen molar-refractivity contribution in [1.29, 1.82) is 0 Å². The normalized spacial score (nSPS) is 18.1. The van der Waals surface area contributed by atoms with Gasteiger partial charge in [-0.25, -0.2) is 0 Å². The zero-order chi connectivity index (χ0) is 15.2. The van der Waals surface area contributed by atoms with E-state index < -0.39 is 0 Å². The fourth-order valence-electron chi connectivity index (χ4n) is 3.04. The maximum absolute atomic E-state index is 10.2. The summed E-state index contributed by atoms with van der Waals surface area (Å²) in [7, 11) is 2.07. The first-order valence-electron chi connectivity index (χ1n) is 7.77. The monoisotopic (exact) mass is 292 g/mol. The second kappa shape index (κ2) is 7.90. The van der Waals surface area contributed by atoms with E-state index in [4.69, 9.17) is 4.74 Å². The third-order valence-electron chi connectivity index (χ3n) is 3.83. The zero-order valence-electron chi connectivity index (χ0n) is 13.5. The molecule has 1 aromatic carbocycles. The number of nitrogens with zero attached hydrogens (tertiary/aromatic N) is 2. The Balaban J connectivity index is 1.78. The van der Waals surface area contributed by atoms with Crippen LogP contribution in [0.1, 0.15) is 16.7 Å². The number of ether oxygens (including phenoxy) is 1. The highest BCUT2D eigenvalue weighted by Gasteiger charge is 2.16. The molecule has 0 aliphatic carbocycles. The Labute approximate surface area is 128 Å². The lowest BCUT2D eigenvalue weighted by Crippen LogP contribution is -2.43. The quantitative estimate of drug-likeness (QED) is 0.860. The van der Waals surface area contributed by atoms with Crippen molar-refractivity contribution in [1.82, 2.24) is 9.80 Å². The van der Waals surface area contributed by atoms with Crippen molar-refractivity contribution in [2.45, 2.75) is 26.5 Å². The van der Waals surface area contributed by atoms with Crippen LogP contribution in [0.25, 0.3) is 0 Å². The lowest BCUT2D eigenvalue weighted by molar-refractivity contribution is 0.00825. The van der Waals surface area contributed by atoms with Gasteiger partial charge in [0.1, 0.15) is 0 Å². The van der Waals surface area contributed by atoms with E-state index in [-0.39, 0.29) is 6.10 Å². The molecule has 1 aliphatic heterocycles. The van der Waals surface area contributed by atoms with Crippen molar-refractivity contribution in [3.8, 4) is 0 Å². The minimum absolute atomic E-state index is 0.306. The van der Waals surface area contributed by atoms with Crippen LogP contribution in [0.5, 0.6) is 0 Å². The number of hydrogen-bond acceptors (Lipinski definition) is 4. The first-order valence-corrected chi connectivity index (χ1v) is 7.77. The molecule has 1 saturated heterocycles. The molecule has 0 aromatic heterocycles. The maximum atomic E-state index is 10.2. The molecule has 0 amide bonds. The fraction of sp³-hybridized carbons (Fsp3) is 0.647. The summed E-state index contributed by atoms with van der Waals surface area (Å²) in [5.41, 5.74) is 3.91. The molecule has 21 heavy (non-hydrogen) atoms. The summed E-state index contributed by atoms with van der Waals surface area (Å²) in [4.78, 5) is 4.47. The van der Waals surface area contributed by atoms with Gasteiger partial charge in [0, 0.05) is 32.7 Å². The molecule has 0 spiro atoms. The average Bonchev–Trinajstić information content (AvgIpc) is 2.37. The summed E-state index contributed by atoms with van der Waals surface area (Å²) < 4.78 is 5.33. The Morgan fingerprint density at radius 3 is 2.43 bits per heavy atom. The van der Waals surface area contributed by atoms with E-state index in [1.54, 1.807) is 0 Å². The first-order chi connectivity index (χ1) is 10.0. The summed E-state index contributed by atoms with van der Waals surface area (Å²) in [6.07, 6.45) is -0.306. The van der Waals surface area contributed by atoms with Gasteiger partial charge >= 0.3 is 0 Å². The smallest absolute Gasteiger partial charge is 0.0793 e. The Bertz CT molecular complexity index is 424. The third-order valence-corrected chi connectivity index (χ3v) is 3.83. The highest BCUT2D eigenvalue weighted by Crippen LogP contribution is 2.11. The number of hydrogen-bond donors (Lipinski definition) is 1. The van der Waals surface area contributed by atoms with Gasteiger partial charge in [0.25, 0.3) is 0 Å². The molecule has 0 saturated carbocycles. The summed E-state index contributed by atoms with van der Waals surface area (Å²) >= 11 is 0. The SMILES string of the molecule is Cc1cc(C)cc(CN(C)CC(O)CN2CCOCC2)c1. The van der Waals surface area contributed by atoms with Crippen LogP contribution in [0.15, 0.2) is 18.2 Å². The van der Waals surface area contributed by atoms with Crippen molar-refractivity contribution in [2.24, 2.45) is 0 Å². The highest BCUT2D eigenvalue weighted by molar-refractivity contribution is 5.28. The molecule has 1 fully saturated rings. The standard InChI is InChI=1S/C17H28N2O2/c1-14-8-15(2)10-16(9-14)11-18(3)12-17(20)13-19-4-6-21-7-5-19/h8-10,17,20H,4-7,11-13H2,1-3H3. The van der Waals surface area contributed by atoms with Crippen LogP contribution in [0.2, 0.25) is 0 Å². The van der Waals surface area contributed by atoms with Crippen LogP contribution in [0.4, 0.5) is 0 Å². The summed E-state index contributed by atoms with van der Waals surface area (Å²) in [5.74, 6) is 0. The van der Waals surface area contributed by atoms with Crippen molar-refractivity contribution in [3.63, 3.8) is 0 Å². The van der Waals surface area contributed by atoms with E-state index in [9.17, 15) is 5.11 Å². The van der Waals surface area contributed by atoms with Crippen molar-refractivity contribution in [2.75, 3.05) is 46.4 Å². The topological polar surface area (TPSA) is 35.9 Å². The average molecular weight is 292 g/mol. The lowest BCUT2D eigenvalue weighted by Gasteiger charge is -2.30. The van der Waals surface area contributed by atoms with Gasteiger partial charge in [-0.15, -0.1) is 0 Å². The summed E-state index contributed by atoms with van der Waals surface area (Å²) in [5, 5.41) is 10.2. The largest absolute Gasteiger partial charge is 0.390 e. The maximum Gasteiger partial charge on any atom is 0.0793 e. The predicted molar refractivity (Wildman–Crippen MR) is 85.5 cm³/mol.